The summed E-state index contributed by atoms with van der Waals surface area (Å²) in [5, 5.41) is 68.5. The number of carboxylic acids is 1. The Balaban J connectivity index is 1.75. The number of fused-ring (bicyclic) bond motifs is 1. The van der Waals surface area contributed by atoms with E-state index in [0.717, 1.165) is 12.1 Å². The summed E-state index contributed by atoms with van der Waals surface area (Å²) in [6.45, 7) is 0. The van der Waals surface area contributed by atoms with E-state index in [2.05, 4.69) is 0 Å². The van der Waals surface area contributed by atoms with Gasteiger partial charge in [0.15, 0.2) is 11.9 Å². The van der Waals surface area contributed by atoms with Crippen molar-refractivity contribution < 1.29 is 54.4 Å². The third-order valence-electron chi connectivity index (χ3n) is 5.12. The molecule has 4 rings (SSSR count). The van der Waals surface area contributed by atoms with Crippen LogP contribution in [0.25, 0.3) is 22.3 Å². The second kappa shape index (κ2) is 8.26. The molecule has 12 nitrogen and oxygen atoms in total. The first kappa shape index (κ1) is 22.4. The lowest BCUT2D eigenvalue weighted by molar-refractivity contribution is -0.271. The molecule has 2 heterocycles. The number of phenolic OH excluding ortho intramolecular Hbond substituents is 2. The van der Waals surface area contributed by atoms with Gasteiger partial charge in [-0.05, 0) is 24.3 Å². The molecule has 0 unspecified atom stereocenters. The van der Waals surface area contributed by atoms with E-state index >= 15 is 0 Å². The van der Waals surface area contributed by atoms with Crippen LogP contribution in [0.2, 0.25) is 0 Å². The van der Waals surface area contributed by atoms with Crippen LogP contribution in [0.1, 0.15) is 0 Å². The van der Waals surface area contributed by atoms with Crippen molar-refractivity contribution in [3.05, 3.63) is 46.6 Å². The standard InChI is InChI=1S/C21H18O12/c22-8-3-1-7(2-4-8)18-15(26)13(24)12-10(23)5-9(6-11(12)32-18)31-21-17(28)14(25)16(27)19(33-21)20(29)30/h1-6,14,16-17,19,21-23,25-28H,(H,29,30)/t14-,16-,17+,19-,21+/m0/s1. The Kier molecular flexibility index (Phi) is 5.59. The van der Waals surface area contributed by atoms with E-state index in [1.807, 2.05) is 0 Å². The number of rotatable bonds is 4. The number of aliphatic hydroxyl groups is 3. The first-order valence-electron chi connectivity index (χ1n) is 9.49. The van der Waals surface area contributed by atoms with Crippen LogP contribution in [0.3, 0.4) is 0 Å². The van der Waals surface area contributed by atoms with E-state index in [9.17, 15) is 40.2 Å². The zero-order chi connectivity index (χ0) is 24.0. The molecule has 0 amide bonds. The van der Waals surface area contributed by atoms with Gasteiger partial charge in [0.2, 0.25) is 17.5 Å². The Labute approximate surface area is 183 Å². The molecule has 174 valence electrons. The summed E-state index contributed by atoms with van der Waals surface area (Å²) >= 11 is 0. The monoisotopic (exact) mass is 462 g/mol. The zero-order valence-electron chi connectivity index (χ0n) is 16.5. The molecule has 1 fully saturated rings. The third kappa shape index (κ3) is 3.91. The molecule has 1 aliphatic heterocycles. The molecule has 5 atom stereocenters. The highest BCUT2D eigenvalue weighted by Gasteiger charge is 2.48. The number of benzene rings is 2. The van der Waals surface area contributed by atoms with E-state index in [0.29, 0.717) is 0 Å². The molecule has 1 aromatic heterocycles. The minimum Gasteiger partial charge on any atom is -0.508 e. The summed E-state index contributed by atoms with van der Waals surface area (Å²) in [4.78, 5) is 23.9. The molecule has 0 radical (unpaired) electrons. The maximum absolute atomic E-state index is 12.6. The quantitative estimate of drug-likeness (QED) is 0.270. The van der Waals surface area contributed by atoms with Crippen LogP contribution < -0.4 is 10.2 Å². The fraction of sp³-hybridized carbons (Fsp3) is 0.238. The van der Waals surface area contributed by atoms with Gasteiger partial charge in [-0.25, -0.2) is 4.79 Å². The Morgan fingerprint density at radius 1 is 0.939 bits per heavy atom. The lowest BCUT2D eigenvalue weighted by atomic mass is 9.99. The Morgan fingerprint density at radius 2 is 1.61 bits per heavy atom. The third-order valence-corrected chi connectivity index (χ3v) is 5.12. The van der Waals surface area contributed by atoms with Gasteiger partial charge in [0.25, 0.3) is 0 Å². The second-order valence-corrected chi connectivity index (χ2v) is 7.32. The fourth-order valence-electron chi connectivity index (χ4n) is 3.42. The summed E-state index contributed by atoms with van der Waals surface area (Å²) in [5.41, 5.74) is -0.957. The van der Waals surface area contributed by atoms with Gasteiger partial charge in [-0.15, -0.1) is 0 Å². The SMILES string of the molecule is O=C(O)[C@H]1O[C@@H](Oc2cc(O)c3c(=O)c(O)c(-c4ccc(O)cc4)oc3c2)[C@H](O)[C@@H](O)[C@@H]1O. The van der Waals surface area contributed by atoms with Gasteiger partial charge in [-0.2, -0.15) is 0 Å². The molecule has 0 spiro atoms. The molecule has 0 aliphatic carbocycles. The van der Waals surface area contributed by atoms with Crippen LogP contribution in [0, 0.1) is 0 Å². The first-order valence-corrected chi connectivity index (χ1v) is 9.49. The number of hydrogen-bond donors (Lipinski definition) is 7. The molecule has 33 heavy (non-hydrogen) atoms. The largest absolute Gasteiger partial charge is 0.508 e. The van der Waals surface area contributed by atoms with Crippen LogP contribution in [0.4, 0.5) is 0 Å². The number of hydrogen-bond acceptors (Lipinski definition) is 11. The predicted molar refractivity (Wildman–Crippen MR) is 108 cm³/mol. The molecule has 7 N–H and O–H groups in total. The molecule has 0 saturated carbocycles. The summed E-state index contributed by atoms with van der Waals surface area (Å²) in [6, 6.07) is 7.41. The van der Waals surface area contributed by atoms with Crippen molar-refractivity contribution in [2.75, 3.05) is 0 Å². The normalized spacial score (nSPS) is 25.1. The highest BCUT2D eigenvalue weighted by molar-refractivity contribution is 5.88. The van der Waals surface area contributed by atoms with Gasteiger partial charge in [-0.3, -0.25) is 4.79 Å². The van der Waals surface area contributed by atoms with Crippen LogP contribution in [0.15, 0.2) is 45.6 Å². The van der Waals surface area contributed by atoms with Gasteiger partial charge in [0.1, 0.15) is 46.5 Å². The first-order chi connectivity index (χ1) is 15.6. The lowest BCUT2D eigenvalue weighted by Crippen LogP contribution is -2.61. The van der Waals surface area contributed by atoms with Gasteiger partial charge < -0.3 is 49.6 Å². The van der Waals surface area contributed by atoms with Crippen molar-refractivity contribution in [2.45, 2.75) is 30.7 Å². The topological polar surface area (TPSA) is 207 Å². The molecule has 1 saturated heterocycles. The maximum Gasteiger partial charge on any atom is 0.335 e. The average Bonchev–Trinajstić information content (AvgIpc) is 2.76. The summed E-state index contributed by atoms with van der Waals surface area (Å²) in [5.74, 6) is -3.63. The number of aliphatic carboxylic acids is 1. The Morgan fingerprint density at radius 3 is 2.24 bits per heavy atom. The fourth-order valence-corrected chi connectivity index (χ4v) is 3.42. The molecular weight excluding hydrogens is 444 g/mol. The van der Waals surface area contributed by atoms with Crippen LogP contribution >= 0.6 is 0 Å². The van der Waals surface area contributed by atoms with Gasteiger partial charge >= 0.3 is 5.97 Å². The highest BCUT2D eigenvalue weighted by atomic mass is 16.7. The molecule has 0 bridgehead atoms. The minimum absolute atomic E-state index is 0.0623. The van der Waals surface area contributed by atoms with E-state index in [-0.39, 0.29) is 33.8 Å². The van der Waals surface area contributed by atoms with Crippen molar-refractivity contribution in [1.29, 1.82) is 0 Å². The number of carbonyl (C=O) groups is 1. The summed E-state index contributed by atoms with van der Waals surface area (Å²) in [7, 11) is 0. The van der Waals surface area contributed by atoms with Crippen molar-refractivity contribution in [3.8, 4) is 34.3 Å². The number of ether oxygens (including phenoxy) is 2. The van der Waals surface area contributed by atoms with Crippen LogP contribution in [-0.2, 0) is 9.53 Å². The summed E-state index contributed by atoms with van der Waals surface area (Å²) in [6.07, 6.45) is -9.35. The smallest absolute Gasteiger partial charge is 0.335 e. The summed E-state index contributed by atoms with van der Waals surface area (Å²) < 4.78 is 16.0. The van der Waals surface area contributed by atoms with E-state index in [4.69, 9.17) is 19.0 Å². The van der Waals surface area contributed by atoms with Crippen molar-refractivity contribution in [3.63, 3.8) is 0 Å². The maximum atomic E-state index is 12.6. The molecule has 2 aromatic carbocycles. The van der Waals surface area contributed by atoms with E-state index < -0.39 is 53.6 Å². The molecule has 1 aliphatic rings. The second-order valence-electron chi connectivity index (χ2n) is 7.32. The van der Waals surface area contributed by atoms with Gasteiger partial charge in [0, 0.05) is 17.7 Å². The number of aromatic hydroxyl groups is 3. The van der Waals surface area contributed by atoms with Crippen LogP contribution in [-0.4, -0.2) is 72.4 Å². The van der Waals surface area contributed by atoms with Crippen LogP contribution in [0.5, 0.6) is 23.0 Å². The van der Waals surface area contributed by atoms with Crippen molar-refractivity contribution >= 4 is 16.9 Å². The van der Waals surface area contributed by atoms with Crippen molar-refractivity contribution in [2.24, 2.45) is 0 Å². The Hall–Kier alpha value is -3.84. The van der Waals surface area contributed by atoms with Crippen molar-refractivity contribution in [1.82, 2.24) is 0 Å². The minimum atomic E-state index is -1.92. The number of carboxylic acid groups (broad SMARTS) is 1. The zero-order valence-corrected chi connectivity index (χ0v) is 16.5. The highest BCUT2D eigenvalue weighted by Crippen LogP contribution is 2.36. The Bertz CT molecular complexity index is 1260. The van der Waals surface area contributed by atoms with Gasteiger partial charge in [-0.1, -0.05) is 0 Å². The molecule has 12 heteroatoms. The van der Waals surface area contributed by atoms with Gasteiger partial charge in [0.05, 0.1) is 0 Å². The molecule has 3 aromatic rings. The predicted octanol–water partition coefficient (Wildman–Crippen LogP) is -0.152. The average molecular weight is 462 g/mol. The number of aliphatic hydroxyl groups excluding tert-OH is 3. The lowest BCUT2D eigenvalue weighted by Gasteiger charge is -2.38. The van der Waals surface area contributed by atoms with E-state index in [1.165, 1.54) is 24.3 Å². The van der Waals surface area contributed by atoms with E-state index in [1.54, 1.807) is 0 Å². The number of phenols is 2. The molecular formula is C21H18O12.